The van der Waals surface area contributed by atoms with Crippen LogP contribution in [-0.2, 0) is 4.74 Å². The lowest BCUT2D eigenvalue weighted by molar-refractivity contribution is 0.146. The normalized spacial score (nSPS) is 12.4. The summed E-state index contributed by atoms with van der Waals surface area (Å²) in [5, 5.41) is 0. The van der Waals surface area contributed by atoms with E-state index in [-0.39, 0.29) is 6.04 Å². The van der Waals surface area contributed by atoms with E-state index in [4.69, 9.17) is 15.2 Å². The lowest BCUT2D eigenvalue weighted by Crippen LogP contribution is -2.12. The van der Waals surface area contributed by atoms with Crippen LogP contribution in [0.3, 0.4) is 0 Å². The topological polar surface area (TPSA) is 44.5 Å². The second-order valence-corrected chi connectivity index (χ2v) is 8.89. The standard InChI is InChI=1S/C14H14Br3NO2S/c1-19-4-5-20-11-3-2-8(6-10(11)15)13(18)9-7-12(16)21-14(9)17/h2-3,6-7,13H,4-5,18H2,1H3. The first kappa shape index (κ1) is 17.4. The quantitative estimate of drug-likeness (QED) is 0.562. The molecule has 0 saturated heterocycles. The predicted molar refractivity (Wildman–Crippen MR) is 97.3 cm³/mol. The Bertz CT molecular complexity index is 618. The number of halogens is 3. The van der Waals surface area contributed by atoms with E-state index in [9.17, 15) is 0 Å². The van der Waals surface area contributed by atoms with Crippen LogP contribution in [0.15, 0.2) is 36.3 Å². The molecule has 2 aromatic rings. The first-order valence-electron chi connectivity index (χ1n) is 6.14. The number of rotatable bonds is 6. The average molecular weight is 500 g/mol. The minimum absolute atomic E-state index is 0.189. The number of nitrogens with two attached hydrogens (primary N) is 1. The van der Waals surface area contributed by atoms with Gasteiger partial charge < -0.3 is 15.2 Å². The minimum Gasteiger partial charge on any atom is -0.490 e. The van der Waals surface area contributed by atoms with Gasteiger partial charge in [-0.15, -0.1) is 11.3 Å². The van der Waals surface area contributed by atoms with Gasteiger partial charge in [-0.1, -0.05) is 6.07 Å². The lowest BCUT2D eigenvalue weighted by atomic mass is 10.0. The van der Waals surface area contributed by atoms with E-state index in [1.165, 1.54) is 0 Å². The molecule has 2 rings (SSSR count). The molecule has 0 fully saturated rings. The van der Waals surface area contributed by atoms with Crippen LogP contribution in [0.25, 0.3) is 0 Å². The van der Waals surface area contributed by atoms with Crippen molar-refractivity contribution >= 4 is 59.1 Å². The van der Waals surface area contributed by atoms with Gasteiger partial charge in [-0.3, -0.25) is 0 Å². The lowest BCUT2D eigenvalue weighted by Gasteiger charge is -2.14. The summed E-state index contributed by atoms with van der Waals surface area (Å²) in [6.07, 6.45) is 0. The van der Waals surface area contributed by atoms with Gasteiger partial charge in [0.2, 0.25) is 0 Å². The van der Waals surface area contributed by atoms with Crippen molar-refractivity contribution in [3.8, 4) is 5.75 Å². The molecule has 3 nitrogen and oxygen atoms in total. The van der Waals surface area contributed by atoms with Gasteiger partial charge in [-0.05, 0) is 77.1 Å². The summed E-state index contributed by atoms with van der Waals surface area (Å²) < 4.78 is 13.6. The molecule has 2 N–H and O–H groups in total. The molecule has 0 saturated carbocycles. The van der Waals surface area contributed by atoms with Gasteiger partial charge in [0.1, 0.15) is 12.4 Å². The highest BCUT2D eigenvalue weighted by molar-refractivity contribution is 9.12. The number of ether oxygens (including phenoxy) is 2. The summed E-state index contributed by atoms with van der Waals surface area (Å²) in [4.78, 5) is 0. The van der Waals surface area contributed by atoms with Gasteiger partial charge in [0, 0.05) is 7.11 Å². The van der Waals surface area contributed by atoms with Crippen molar-refractivity contribution in [2.24, 2.45) is 5.73 Å². The van der Waals surface area contributed by atoms with Crippen molar-refractivity contribution in [1.82, 2.24) is 0 Å². The van der Waals surface area contributed by atoms with Crippen molar-refractivity contribution in [2.45, 2.75) is 6.04 Å². The molecule has 0 radical (unpaired) electrons. The second kappa shape index (κ2) is 8.08. The van der Waals surface area contributed by atoms with E-state index < -0.39 is 0 Å². The SMILES string of the molecule is COCCOc1ccc(C(N)c2cc(Br)sc2Br)cc1Br. The zero-order valence-corrected chi connectivity index (χ0v) is 16.8. The van der Waals surface area contributed by atoms with Gasteiger partial charge in [0.25, 0.3) is 0 Å². The van der Waals surface area contributed by atoms with E-state index in [0.29, 0.717) is 13.2 Å². The average Bonchev–Trinajstić information content (AvgIpc) is 2.79. The van der Waals surface area contributed by atoms with Crippen LogP contribution >= 0.6 is 59.1 Å². The highest BCUT2D eigenvalue weighted by Crippen LogP contribution is 2.38. The molecule has 1 heterocycles. The highest BCUT2D eigenvalue weighted by Gasteiger charge is 2.16. The zero-order chi connectivity index (χ0) is 15.4. The Balaban J connectivity index is 2.17. The molecular weight excluding hydrogens is 486 g/mol. The Morgan fingerprint density at radius 2 is 1.95 bits per heavy atom. The van der Waals surface area contributed by atoms with Crippen molar-refractivity contribution in [1.29, 1.82) is 0 Å². The Morgan fingerprint density at radius 1 is 1.19 bits per heavy atom. The molecule has 1 unspecified atom stereocenters. The van der Waals surface area contributed by atoms with Crippen molar-refractivity contribution in [3.63, 3.8) is 0 Å². The number of hydrogen-bond donors (Lipinski definition) is 1. The van der Waals surface area contributed by atoms with Gasteiger partial charge in [-0.25, -0.2) is 0 Å². The molecule has 7 heteroatoms. The minimum atomic E-state index is -0.189. The maximum atomic E-state index is 6.35. The molecule has 1 aromatic heterocycles. The van der Waals surface area contributed by atoms with E-state index in [1.807, 2.05) is 24.3 Å². The van der Waals surface area contributed by atoms with Crippen LogP contribution in [0.4, 0.5) is 0 Å². The van der Waals surface area contributed by atoms with E-state index in [2.05, 4.69) is 47.8 Å². The summed E-state index contributed by atoms with van der Waals surface area (Å²) in [6, 6.07) is 7.74. The number of methoxy groups -OCH3 is 1. The fraction of sp³-hybridized carbons (Fsp3) is 0.286. The van der Waals surface area contributed by atoms with E-state index >= 15 is 0 Å². The largest absolute Gasteiger partial charge is 0.490 e. The van der Waals surface area contributed by atoms with Crippen molar-refractivity contribution < 1.29 is 9.47 Å². The molecule has 0 aliphatic rings. The summed E-state index contributed by atoms with van der Waals surface area (Å²) in [6.45, 7) is 1.08. The van der Waals surface area contributed by atoms with Crippen LogP contribution < -0.4 is 10.5 Å². The van der Waals surface area contributed by atoms with E-state index in [1.54, 1.807) is 18.4 Å². The fourth-order valence-corrected chi connectivity index (χ4v) is 5.25. The van der Waals surface area contributed by atoms with Crippen LogP contribution in [0.2, 0.25) is 0 Å². The van der Waals surface area contributed by atoms with E-state index in [0.717, 1.165) is 28.9 Å². The maximum Gasteiger partial charge on any atom is 0.133 e. The van der Waals surface area contributed by atoms with Crippen molar-refractivity contribution in [3.05, 3.63) is 47.4 Å². The van der Waals surface area contributed by atoms with Crippen molar-refractivity contribution in [2.75, 3.05) is 20.3 Å². The maximum absolute atomic E-state index is 6.35. The van der Waals surface area contributed by atoms with Crippen LogP contribution in [0.1, 0.15) is 17.2 Å². The monoisotopic (exact) mass is 497 g/mol. The molecular formula is C14H14Br3NO2S. The Morgan fingerprint density at radius 3 is 2.52 bits per heavy atom. The fourth-order valence-electron chi connectivity index (χ4n) is 1.81. The Hall–Kier alpha value is 0.0800. The second-order valence-electron chi connectivity index (χ2n) is 4.29. The Labute approximate surface area is 153 Å². The van der Waals surface area contributed by atoms with Crippen LogP contribution in [0, 0.1) is 0 Å². The summed E-state index contributed by atoms with van der Waals surface area (Å²) in [5.74, 6) is 0.786. The first-order valence-corrected chi connectivity index (χ1v) is 9.34. The van der Waals surface area contributed by atoms with Gasteiger partial charge in [0.15, 0.2) is 0 Å². The molecule has 0 aliphatic heterocycles. The smallest absolute Gasteiger partial charge is 0.133 e. The third kappa shape index (κ3) is 4.53. The summed E-state index contributed by atoms with van der Waals surface area (Å²) in [7, 11) is 1.65. The molecule has 0 bridgehead atoms. The molecule has 21 heavy (non-hydrogen) atoms. The van der Waals surface area contributed by atoms with Gasteiger partial charge in [-0.2, -0.15) is 0 Å². The van der Waals surface area contributed by atoms with Crippen LogP contribution in [-0.4, -0.2) is 20.3 Å². The molecule has 1 aromatic carbocycles. The number of benzene rings is 1. The first-order chi connectivity index (χ1) is 10.0. The highest BCUT2D eigenvalue weighted by atomic mass is 79.9. The molecule has 0 amide bonds. The summed E-state index contributed by atoms with van der Waals surface area (Å²) >= 11 is 12.2. The third-order valence-corrected chi connectivity index (χ3v) is 5.88. The predicted octanol–water partition coefficient (Wildman–Crippen LogP) is 5.11. The number of thiophene rings is 1. The summed E-state index contributed by atoms with van der Waals surface area (Å²) in [5.41, 5.74) is 8.43. The number of hydrogen-bond acceptors (Lipinski definition) is 4. The van der Waals surface area contributed by atoms with Gasteiger partial charge in [0.05, 0.1) is 24.7 Å². The van der Waals surface area contributed by atoms with Crippen LogP contribution in [0.5, 0.6) is 5.75 Å². The molecule has 0 aliphatic carbocycles. The van der Waals surface area contributed by atoms with Gasteiger partial charge >= 0.3 is 0 Å². The zero-order valence-electron chi connectivity index (χ0n) is 11.2. The third-order valence-electron chi connectivity index (χ3n) is 2.88. The molecule has 1 atom stereocenters. The molecule has 0 spiro atoms. The molecule has 114 valence electrons. The Kier molecular flexibility index (Phi) is 6.71.